The van der Waals surface area contributed by atoms with Crippen LogP contribution < -0.4 is 0 Å². The smallest absolute Gasteiger partial charge is 0.246 e. The molecule has 0 spiro atoms. The van der Waals surface area contributed by atoms with Gasteiger partial charge in [0.05, 0.1) is 0 Å². The van der Waals surface area contributed by atoms with Crippen LogP contribution in [0.3, 0.4) is 0 Å². The third-order valence-electron chi connectivity index (χ3n) is 4.60. The van der Waals surface area contributed by atoms with E-state index in [-0.39, 0.29) is 5.91 Å². The maximum atomic E-state index is 12.4. The van der Waals surface area contributed by atoms with Gasteiger partial charge in [0, 0.05) is 19.2 Å². The minimum atomic E-state index is 0.153. The van der Waals surface area contributed by atoms with E-state index in [0.29, 0.717) is 6.04 Å². The number of likely N-dealkylation sites (tertiary alicyclic amines) is 1. The van der Waals surface area contributed by atoms with E-state index in [1.165, 1.54) is 5.56 Å². The summed E-state index contributed by atoms with van der Waals surface area (Å²) in [5, 5.41) is 0. The summed E-state index contributed by atoms with van der Waals surface area (Å²) in [6.45, 7) is 4.22. The lowest BCUT2D eigenvalue weighted by Gasteiger charge is -2.34. The fraction of sp³-hybridized carbons (Fsp3) is 0.526. The summed E-state index contributed by atoms with van der Waals surface area (Å²) in [7, 11) is 4.09. The fourth-order valence-corrected chi connectivity index (χ4v) is 2.93. The van der Waals surface area contributed by atoms with Crippen LogP contribution in [0.25, 0.3) is 0 Å². The predicted molar refractivity (Wildman–Crippen MR) is 91.8 cm³/mol. The Hall–Kier alpha value is -1.61. The maximum absolute atomic E-state index is 12.4. The summed E-state index contributed by atoms with van der Waals surface area (Å²) < 4.78 is 0. The first kappa shape index (κ1) is 16.8. The molecule has 1 aromatic rings. The lowest BCUT2D eigenvalue weighted by atomic mass is 10.0. The molecule has 3 nitrogen and oxygen atoms in total. The van der Waals surface area contributed by atoms with Crippen LogP contribution >= 0.6 is 0 Å². The molecular formula is C19H28N2O. The highest BCUT2D eigenvalue weighted by Gasteiger charge is 2.22. The highest BCUT2D eigenvalue weighted by atomic mass is 16.2. The van der Waals surface area contributed by atoms with E-state index < -0.39 is 0 Å². The number of amides is 1. The van der Waals surface area contributed by atoms with Crippen molar-refractivity contribution in [1.29, 1.82) is 0 Å². The Bertz CT molecular complexity index is 501. The summed E-state index contributed by atoms with van der Waals surface area (Å²) in [5.41, 5.74) is 2.49. The van der Waals surface area contributed by atoms with Crippen molar-refractivity contribution in [2.75, 3.05) is 27.2 Å². The Morgan fingerprint density at radius 3 is 2.55 bits per heavy atom. The molecule has 22 heavy (non-hydrogen) atoms. The summed E-state index contributed by atoms with van der Waals surface area (Å²) in [5.74, 6) is 0.153. The van der Waals surface area contributed by atoms with Crippen molar-refractivity contribution in [2.24, 2.45) is 0 Å². The number of aryl methyl sites for hydroxylation is 1. The lowest BCUT2D eigenvalue weighted by Crippen LogP contribution is -2.44. The van der Waals surface area contributed by atoms with E-state index in [2.05, 4.69) is 43.1 Å². The van der Waals surface area contributed by atoms with Gasteiger partial charge in [-0.25, -0.2) is 0 Å². The average Bonchev–Trinajstić information content (AvgIpc) is 2.54. The Morgan fingerprint density at radius 2 is 1.91 bits per heavy atom. The number of carbonyl (C=O) groups excluding carboxylic acids is 1. The van der Waals surface area contributed by atoms with Crippen molar-refractivity contribution in [2.45, 2.75) is 38.6 Å². The lowest BCUT2D eigenvalue weighted by molar-refractivity contribution is -0.127. The van der Waals surface area contributed by atoms with Gasteiger partial charge in [0.25, 0.3) is 0 Å². The van der Waals surface area contributed by atoms with Crippen LogP contribution in [0.1, 0.15) is 31.7 Å². The normalized spacial score (nSPS) is 17.5. The van der Waals surface area contributed by atoms with Gasteiger partial charge in [-0.05, 0) is 58.3 Å². The zero-order chi connectivity index (χ0) is 15.9. The average molecular weight is 300 g/mol. The maximum Gasteiger partial charge on any atom is 0.246 e. The van der Waals surface area contributed by atoms with Crippen LogP contribution in [-0.2, 0) is 11.2 Å². The highest BCUT2D eigenvalue weighted by Crippen LogP contribution is 2.15. The van der Waals surface area contributed by atoms with E-state index in [4.69, 9.17) is 0 Å². The number of benzene rings is 1. The van der Waals surface area contributed by atoms with Gasteiger partial charge in [0.15, 0.2) is 0 Å². The van der Waals surface area contributed by atoms with Gasteiger partial charge in [-0.2, -0.15) is 0 Å². The third kappa shape index (κ3) is 4.99. The molecule has 0 radical (unpaired) electrons. The number of allylic oxidation sites excluding steroid dienone is 1. The number of hydrogen-bond donors (Lipinski definition) is 0. The molecule has 2 rings (SSSR count). The first-order valence-electron chi connectivity index (χ1n) is 8.22. The SMILES string of the molecule is CC(=CC(=O)N(C)C1CCN(C)CC1)CCc1ccccc1. The number of rotatable bonds is 5. The van der Waals surface area contributed by atoms with Gasteiger partial charge in [-0.1, -0.05) is 35.9 Å². The standard InChI is InChI=1S/C19H28N2O/c1-16(9-10-17-7-5-4-6-8-17)15-19(22)21(3)18-11-13-20(2)14-12-18/h4-8,15,18H,9-14H2,1-3H3. The number of nitrogens with zero attached hydrogens (tertiary/aromatic N) is 2. The van der Waals surface area contributed by atoms with Gasteiger partial charge in [0.1, 0.15) is 0 Å². The molecule has 0 N–H and O–H groups in total. The quantitative estimate of drug-likeness (QED) is 0.780. The molecule has 0 bridgehead atoms. The summed E-state index contributed by atoms with van der Waals surface area (Å²) in [6.07, 6.45) is 5.91. The molecule has 0 aliphatic carbocycles. The van der Waals surface area contributed by atoms with E-state index >= 15 is 0 Å². The second-order valence-electron chi connectivity index (χ2n) is 6.46. The fourth-order valence-electron chi connectivity index (χ4n) is 2.93. The monoisotopic (exact) mass is 300 g/mol. The zero-order valence-corrected chi connectivity index (χ0v) is 14.1. The number of carbonyl (C=O) groups is 1. The van der Waals surface area contributed by atoms with Crippen LogP contribution in [0, 0.1) is 0 Å². The van der Waals surface area contributed by atoms with Crippen molar-refractivity contribution < 1.29 is 4.79 Å². The predicted octanol–water partition coefficient (Wildman–Crippen LogP) is 3.12. The number of hydrogen-bond acceptors (Lipinski definition) is 2. The highest BCUT2D eigenvalue weighted by molar-refractivity contribution is 5.88. The van der Waals surface area contributed by atoms with Gasteiger partial charge in [-0.3, -0.25) is 4.79 Å². The van der Waals surface area contributed by atoms with Crippen molar-refractivity contribution >= 4 is 5.91 Å². The zero-order valence-electron chi connectivity index (χ0n) is 14.1. The molecule has 1 saturated heterocycles. The van der Waals surface area contributed by atoms with Crippen LogP contribution in [0.15, 0.2) is 42.0 Å². The van der Waals surface area contributed by atoms with Gasteiger partial charge < -0.3 is 9.80 Å². The minimum absolute atomic E-state index is 0.153. The minimum Gasteiger partial charge on any atom is -0.339 e. The van der Waals surface area contributed by atoms with E-state index in [9.17, 15) is 4.79 Å². The first-order valence-corrected chi connectivity index (χ1v) is 8.22. The Labute approximate surface area is 134 Å². The number of piperidine rings is 1. The van der Waals surface area contributed by atoms with E-state index in [1.807, 2.05) is 24.1 Å². The molecule has 0 aromatic heterocycles. The largest absolute Gasteiger partial charge is 0.339 e. The Morgan fingerprint density at radius 1 is 1.27 bits per heavy atom. The van der Waals surface area contributed by atoms with Crippen LogP contribution in [-0.4, -0.2) is 48.9 Å². The van der Waals surface area contributed by atoms with Crippen molar-refractivity contribution in [3.05, 3.63) is 47.5 Å². The Kier molecular flexibility index (Phi) is 6.20. The van der Waals surface area contributed by atoms with Gasteiger partial charge in [-0.15, -0.1) is 0 Å². The van der Waals surface area contributed by atoms with Gasteiger partial charge in [0.2, 0.25) is 5.91 Å². The topological polar surface area (TPSA) is 23.6 Å². The summed E-state index contributed by atoms with van der Waals surface area (Å²) >= 11 is 0. The van der Waals surface area contributed by atoms with Crippen LogP contribution in [0.4, 0.5) is 0 Å². The second-order valence-corrected chi connectivity index (χ2v) is 6.46. The molecule has 1 amide bonds. The molecule has 1 aliphatic rings. The molecule has 1 aliphatic heterocycles. The molecule has 0 unspecified atom stereocenters. The number of likely N-dealkylation sites (N-methyl/N-ethyl adjacent to an activating group) is 1. The molecule has 1 heterocycles. The molecule has 1 aromatic carbocycles. The first-order chi connectivity index (χ1) is 10.6. The van der Waals surface area contributed by atoms with Crippen molar-refractivity contribution in [1.82, 2.24) is 9.80 Å². The van der Waals surface area contributed by atoms with Gasteiger partial charge >= 0.3 is 0 Å². The second kappa shape index (κ2) is 8.14. The molecule has 3 heteroatoms. The van der Waals surface area contributed by atoms with Crippen molar-refractivity contribution in [3.8, 4) is 0 Å². The molecule has 0 saturated carbocycles. The molecular weight excluding hydrogens is 272 g/mol. The van der Waals surface area contributed by atoms with E-state index in [0.717, 1.165) is 44.3 Å². The van der Waals surface area contributed by atoms with E-state index in [1.54, 1.807) is 0 Å². The summed E-state index contributed by atoms with van der Waals surface area (Å²) in [6, 6.07) is 10.8. The van der Waals surface area contributed by atoms with Crippen molar-refractivity contribution in [3.63, 3.8) is 0 Å². The molecule has 1 fully saturated rings. The Balaban J connectivity index is 1.83. The van der Waals surface area contributed by atoms with Crippen LogP contribution in [0.2, 0.25) is 0 Å². The molecule has 120 valence electrons. The third-order valence-corrected chi connectivity index (χ3v) is 4.60. The van der Waals surface area contributed by atoms with Crippen LogP contribution in [0.5, 0.6) is 0 Å². The molecule has 0 atom stereocenters. The summed E-state index contributed by atoms with van der Waals surface area (Å²) in [4.78, 5) is 16.6.